The minimum atomic E-state index is -0.142. The number of hydrogen-bond acceptors (Lipinski definition) is 4. The SMILES string of the molecule is COc1cc(Br)c(CCNC(=O)C(C)Sc2ccccc2)cc1OC. The van der Waals surface area contributed by atoms with Crippen molar-refractivity contribution in [2.75, 3.05) is 20.8 Å². The Morgan fingerprint density at radius 1 is 1.16 bits per heavy atom. The molecule has 0 radical (unpaired) electrons. The summed E-state index contributed by atoms with van der Waals surface area (Å²) in [6.45, 7) is 2.48. The molecule has 1 unspecified atom stereocenters. The highest BCUT2D eigenvalue weighted by Gasteiger charge is 2.14. The lowest BCUT2D eigenvalue weighted by molar-refractivity contribution is -0.120. The highest BCUT2D eigenvalue weighted by molar-refractivity contribution is 9.10. The van der Waals surface area contributed by atoms with Crippen LogP contribution < -0.4 is 14.8 Å². The predicted molar refractivity (Wildman–Crippen MR) is 106 cm³/mol. The lowest BCUT2D eigenvalue weighted by Gasteiger charge is -2.14. The maximum Gasteiger partial charge on any atom is 0.233 e. The average Bonchev–Trinajstić information content (AvgIpc) is 2.63. The highest BCUT2D eigenvalue weighted by atomic mass is 79.9. The van der Waals surface area contributed by atoms with E-state index < -0.39 is 0 Å². The van der Waals surface area contributed by atoms with Gasteiger partial charge < -0.3 is 14.8 Å². The minimum Gasteiger partial charge on any atom is -0.493 e. The number of halogens is 1. The smallest absolute Gasteiger partial charge is 0.233 e. The lowest BCUT2D eigenvalue weighted by Crippen LogP contribution is -2.32. The third-order valence-corrected chi connectivity index (χ3v) is 5.52. The van der Waals surface area contributed by atoms with Gasteiger partial charge >= 0.3 is 0 Å². The van der Waals surface area contributed by atoms with Crippen LogP contribution in [0.3, 0.4) is 0 Å². The lowest BCUT2D eigenvalue weighted by atomic mass is 10.1. The first-order valence-electron chi connectivity index (χ1n) is 7.95. The van der Waals surface area contributed by atoms with Gasteiger partial charge in [-0.2, -0.15) is 0 Å². The molecule has 134 valence electrons. The second-order valence-corrected chi connectivity index (χ2v) is 7.68. The highest BCUT2D eigenvalue weighted by Crippen LogP contribution is 2.33. The molecule has 1 N–H and O–H groups in total. The Hall–Kier alpha value is -1.66. The summed E-state index contributed by atoms with van der Waals surface area (Å²) in [5.41, 5.74) is 1.06. The molecule has 0 spiro atoms. The van der Waals surface area contributed by atoms with Crippen LogP contribution in [0.15, 0.2) is 51.8 Å². The van der Waals surface area contributed by atoms with Crippen LogP contribution in [-0.4, -0.2) is 31.9 Å². The van der Waals surface area contributed by atoms with Crippen molar-refractivity contribution >= 4 is 33.6 Å². The van der Waals surface area contributed by atoms with Crippen molar-refractivity contribution in [3.8, 4) is 11.5 Å². The van der Waals surface area contributed by atoms with Gasteiger partial charge in [0, 0.05) is 15.9 Å². The van der Waals surface area contributed by atoms with E-state index in [2.05, 4.69) is 21.2 Å². The Kier molecular flexibility index (Phi) is 7.65. The first-order chi connectivity index (χ1) is 12.0. The minimum absolute atomic E-state index is 0.0328. The van der Waals surface area contributed by atoms with Crippen molar-refractivity contribution in [2.24, 2.45) is 0 Å². The fraction of sp³-hybridized carbons (Fsp3) is 0.316. The molecule has 0 bridgehead atoms. The summed E-state index contributed by atoms with van der Waals surface area (Å²) in [5.74, 6) is 1.39. The number of ether oxygens (including phenoxy) is 2. The monoisotopic (exact) mass is 423 g/mol. The van der Waals surface area contributed by atoms with E-state index in [-0.39, 0.29) is 11.2 Å². The largest absolute Gasteiger partial charge is 0.493 e. The summed E-state index contributed by atoms with van der Waals surface area (Å²) in [6, 6.07) is 13.7. The van der Waals surface area contributed by atoms with Crippen LogP contribution >= 0.6 is 27.7 Å². The third kappa shape index (κ3) is 5.68. The van der Waals surface area contributed by atoms with Crippen LogP contribution in [0.2, 0.25) is 0 Å². The van der Waals surface area contributed by atoms with E-state index in [1.54, 1.807) is 26.0 Å². The quantitative estimate of drug-likeness (QED) is 0.642. The Morgan fingerprint density at radius 3 is 2.44 bits per heavy atom. The van der Waals surface area contributed by atoms with Gasteiger partial charge in [-0.1, -0.05) is 34.1 Å². The molecule has 0 saturated carbocycles. The molecule has 25 heavy (non-hydrogen) atoms. The predicted octanol–water partition coefficient (Wildman–Crippen LogP) is 4.31. The average molecular weight is 424 g/mol. The number of amides is 1. The Morgan fingerprint density at radius 2 is 1.80 bits per heavy atom. The maximum atomic E-state index is 12.3. The van der Waals surface area contributed by atoms with Crippen molar-refractivity contribution in [3.05, 3.63) is 52.5 Å². The Bertz CT molecular complexity index is 709. The normalized spacial score (nSPS) is 11.7. The number of thioether (sulfide) groups is 1. The molecule has 1 amide bonds. The van der Waals surface area contributed by atoms with Crippen LogP contribution in [0.25, 0.3) is 0 Å². The molecule has 0 saturated heterocycles. The molecule has 0 heterocycles. The fourth-order valence-corrected chi connectivity index (χ4v) is 3.74. The molecule has 6 heteroatoms. The summed E-state index contributed by atoms with van der Waals surface area (Å²) < 4.78 is 11.5. The molecule has 0 aliphatic heterocycles. The van der Waals surface area contributed by atoms with Gasteiger partial charge in [0.2, 0.25) is 5.91 Å². The molecule has 2 aromatic rings. The maximum absolute atomic E-state index is 12.3. The van der Waals surface area contributed by atoms with Crippen molar-refractivity contribution < 1.29 is 14.3 Å². The van der Waals surface area contributed by atoms with Crippen molar-refractivity contribution in [3.63, 3.8) is 0 Å². The summed E-state index contributed by atoms with van der Waals surface area (Å²) >= 11 is 5.09. The van der Waals surface area contributed by atoms with Gasteiger partial charge in [0.15, 0.2) is 11.5 Å². The third-order valence-electron chi connectivity index (χ3n) is 3.67. The molecular weight excluding hydrogens is 402 g/mol. The van der Waals surface area contributed by atoms with Crippen molar-refractivity contribution in [2.45, 2.75) is 23.5 Å². The second kappa shape index (κ2) is 9.73. The number of nitrogens with one attached hydrogen (secondary N) is 1. The Balaban J connectivity index is 1.88. The van der Waals surface area contributed by atoms with E-state index in [0.717, 1.165) is 14.9 Å². The first kappa shape index (κ1) is 19.7. The summed E-state index contributed by atoms with van der Waals surface area (Å²) in [4.78, 5) is 13.3. The zero-order valence-corrected chi connectivity index (χ0v) is 16.9. The number of benzene rings is 2. The van der Waals surface area contributed by atoms with E-state index in [1.165, 1.54) is 0 Å². The van der Waals surface area contributed by atoms with Crippen LogP contribution in [-0.2, 0) is 11.2 Å². The van der Waals surface area contributed by atoms with Crippen molar-refractivity contribution in [1.82, 2.24) is 5.32 Å². The van der Waals surface area contributed by atoms with E-state index in [1.807, 2.05) is 49.4 Å². The van der Waals surface area contributed by atoms with Gasteiger partial charge in [-0.3, -0.25) is 4.79 Å². The molecule has 2 aromatic carbocycles. The van der Waals surface area contributed by atoms with E-state index in [0.29, 0.717) is 24.5 Å². The Labute approximate surface area is 161 Å². The summed E-state index contributed by atoms with van der Waals surface area (Å²) in [7, 11) is 3.22. The van der Waals surface area contributed by atoms with Gasteiger partial charge in [-0.25, -0.2) is 0 Å². The van der Waals surface area contributed by atoms with Gasteiger partial charge in [-0.15, -0.1) is 11.8 Å². The number of methoxy groups -OCH3 is 2. The fourth-order valence-electron chi connectivity index (χ4n) is 2.31. The number of rotatable bonds is 8. The van der Waals surface area contributed by atoms with Gasteiger partial charge in [0.05, 0.1) is 19.5 Å². The van der Waals surface area contributed by atoms with Crippen LogP contribution in [0.5, 0.6) is 11.5 Å². The number of carbonyl (C=O) groups is 1. The number of hydrogen-bond donors (Lipinski definition) is 1. The first-order valence-corrected chi connectivity index (χ1v) is 9.62. The van der Waals surface area contributed by atoms with E-state index in [4.69, 9.17) is 9.47 Å². The zero-order valence-electron chi connectivity index (χ0n) is 14.5. The summed E-state index contributed by atoms with van der Waals surface area (Å²) in [5, 5.41) is 2.85. The molecule has 2 rings (SSSR count). The molecule has 0 fully saturated rings. The molecule has 1 atom stereocenters. The van der Waals surface area contributed by atoms with E-state index >= 15 is 0 Å². The van der Waals surface area contributed by atoms with Crippen molar-refractivity contribution in [1.29, 1.82) is 0 Å². The molecule has 0 aliphatic carbocycles. The van der Waals surface area contributed by atoms with Crippen LogP contribution in [0.1, 0.15) is 12.5 Å². The zero-order chi connectivity index (χ0) is 18.2. The molecule has 4 nitrogen and oxygen atoms in total. The van der Waals surface area contributed by atoms with Gasteiger partial charge in [-0.05, 0) is 43.2 Å². The molecule has 0 aliphatic rings. The van der Waals surface area contributed by atoms with Gasteiger partial charge in [0.1, 0.15) is 0 Å². The van der Waals surface area contributed by atoms with Crippen LogP contribution in [0, 0.1) is 0 Å². The van der Waals surface area contributed by atoms with Crippen LogP contribution in [0.4, 0.5) is 0 Å². The number of carbonyl (C=O) groups excluding carboxylic acids is 1. The standard InChI is InChI=1S/C19H22BrNO3S/c1-13(25-15-7-5-4-6-8-15)19(22)21-10-9-14-11-17(23-2)18(24-3)12-16(14)20/h4-8,11-13H,9-10H2,1-3H3,(H,21,22). The molecular formula is C19H22BrNO3S. The molecule has 0 aromatic heterocycles. The van der Waals surface area contributed by atoms with Gasteiger partial charge in [0.25, 0.3) is 0 Å². The topological polar surface area (TPSA) is 47.6 Å². The van der Waals surface area contributed by atoms with E-state index in [9.17, 15) is 4.79 Å². The second-order valence-electron chi connectivity index (χ2n) is 5.41. The summed E-state index contributed by atoms with van der Waals surface area (Å²) in [6.07, 6.45) is 0.704.